The molecule has 1 aromatic carbocycles. The number of imidazole rings is 1. The zero-order valence-corrected chi connectivity index (χ0v) is 23.2. The smallest absolute Gasteiger partial charge is 0.408 e. The summed E-state index contributed by atoms with van der Waals surface area (Å²) in [5, 5.41) is 6.52. The molecule has 5 rings (SSSR count). The number of rotatable bonds is 4. The van der Waals surface area contributed by atoms with Crippen LogP contribution in [0.1, 0.15) is 59.6 Å². The highest BCUT2D eigenvalue weighted by atomic mass is 16.6. The van der Waals surface area contributed by atoms with Gasteiger partial charge in [0.05, 0.1) is 11.7 Å². The van der Waals surface area contributed by atoms with E-state index in [0.717, 1.165) is 35.4 Å². The van der Waals surface area contributed by atoms with Crippen molar-refractivity contribution in [2.24, 2.45) is 5.41 Å². The minimum Gasteiger partial charge on any atom is -0.444 e. The third-order valence-corrected chi connectivity index (χ3v) is 7.49. The van der Waals surface area contributed by atoms with Gasteiger partial charge in [-0.15, -0.1) is 0 Å². The molecular weight excluding hydrogens is 478 g/mol. The molecule has 2 aromatic heterocycles. The second kappa shape index (κ2) is 9.73. The van der Waals surface area contributed by atoms with Crippen molar-refractivity contribution < 1.29 is 14.3 Å². The molecule has 202 valence electrons. The molecule has 2 N–H and O–H groups in total. The summed E-state index contributed by atoms with van der Waals surface area (Å²) in [5.41, 5.74) is 2.96. The van der Waals surface area contributed by atoms with Crippen LogP contribution in [-0.2, 0) is 9.53 Å². The Bertz CT molecular complexity index is 1320. The van der Waals surface area contributed by atoms with Gasteiger partial charge < -0.3 is 24.7 Å². The van der Waals surface area contributed by atoms with Crippen LogP contribution >= 0.6 is 0 Å². The molecule has 0 bridgehead atoms. The Morgan fingerprint density at radius 1 is 1.08 bits per heavy atom. The van der Waals surface area contributed by atoms with Gasteiger partial charge in [0.15, 0.2) is 0 Å². The van der Waals surface area contributed by atoms with Crippen molar-refractivity contribution in [3.05, 3.63) is 60.6 Å². The van der Waals surface area contributed by atoms with Crippen LogP contribution in [0, 0.1) is 5.41 Å². The van der Waals surface area contributed by atoms with Gasteiger partial charge in [-0.3, -0.25) is 4.79 Å². The van der Waals surface area contributed by atoms with E-state index in [9.17, 15) is 9.59 Å². The van der Waals surface area contributed by atoms with E-state index in [2.05, 4.69) is 39.4 Å². The molecule has 3 aromatic rings. The molecule has 8 heteroatoms. The number of hydrogen-bond donors (Lipinski definition) is 2. The highest BCUT2D eigenvalue weighted by Crippen LogP contribution is 2.38. The molecule has 8 nitrogen and oxygen atoms in total. The number of aromatic nitrogens is 2. The molecule has 0 radical (unpaired) electrons. The van der Waals surface area contributed by atoms with Gasteiger partial charge in [0, 0.05) is 43.0 Å². The fourth-order valence-electron chi connectivity index (χ4n) is 5.76. The van der Waals surface area contributed by atoms with Gasteiger partial charge in [0.1, 0.15) is 17.3 Å². The molecule has 2 aliphatic rings. The number of nitrogens with zero attached hydrogens (tertiary/aromatic N) is 3. The summed E-state index contributed by atoms with van der Waals surface area (Å²) >= 11 is 0. The van der Waals surface area contributed by atoms with Crippen LogP contribution in [0.25, 0.3) is 16.8 Å². The number of hydrogen-bond acceptors (Lipinski definition) is 5. The molecule has 2 fully saturated rings. The third kappa shape index (κ3) is 5.14. The molecule has 0 spiro atoms. The SMILES string of the molecule is CC(C)(C)OC(=O)NC(C(=O)N1CC[C@H]2NC[C@H](c3cn4cccc(-c5ccccc5)c4n3)C21)C(C)(C)C. The van der Waals surface area contributed by atoms with E-state index in [1.165, 1.54) is 0 Å². The maximum atomic E-state index is 14.0. The number of fused-ring (bicyclic) bond motifs is 2. The summed E-state index contributed by atoms with van der Waals surface area (Å²) in [6, 6.07) is 13.9. The van der Waals surface area contributed by atoms with Gasteiger partial charge >= 0.3 is 6.09 Å². The van der Waals surface area contributed by atoms with Crippen LogP contribution in [0.2, 0.25) is 0 Å². The molecular formula is C30H39N5O3. The number of likely N-dealkylation sites (tertiary alicyclic amines) is 1. The summed E-state index contributed by atoms with van der Waals surface area (Å²) in [6.07, 6.45) is 4.42. The van der Waals surface area contributed by atoms with E-state index in [4.69, 9.17) is 9.72 Å². The number of benzene rings is 1. The topological polar surface area (TPSA) is 88.0 Å². The molecule has 2 amide bonds. The van der Waals surface area contributed by atoms with Crippen LogP contribution in [-0.4, -0.2) is 63.1 Å². The van der Waals surface area contributed by atoms with E-state index < -0.39 is 23.2 Å². The van der Waals surface area contributed by atoms with E-state index in [0.29, 0.717) is 6.54 Å². The molecule has 38 heavy (non-hydrogen) atoms. The van der Waals surface area contributed by atoms with Gasteiger partial charge in [-0.1, -0.05) is 51.1 Å². The summed E-state index contributed by atoms with van der Waals surface area (Å²) in [5.74, 6) is -0.0181. The Morgan fingerprint density at radius 2 is 1.82 bits per heavy atom. The van der Waals surface area contributed by atoms with E-state index >= 15 is 0 Å². The van der Waals surface area contributed by atoms with Crippen molar-refractivity contribution in [2.75, 3.05) is 13.1 Å². The van der Waals surface area contributed by atoms with Gasteiger partial charge in [0.2, 0.25) is 5.91 Å². The summed E-state index contributed by atoms with van der Waals surface area (Å²) in [4.78, 5) is 33.8. The minimum atomic E-state index is -0.705. The quantitative estimate of drug-likeness (QED) is 0.528. The molecule has 0 aliphatic carbocycles. The van der Waals surface area contributed by atoms with Crippen LogP contribution < -0.4 is 10.6 Å². The first-order valence-electron chi connectivity index (χ1n) is 13.5. The first-order chi connectivity index (χ1) is 17.9. The number of alkyl carbamates (subject to hydrolysis) is 1. The van der Waals surface area contributed by atoms with Gasteiger partial charge in [-0.25, -0.2) is 9.78 Å². The number of pyridine rings is 1. The van der Waals surface area contributed by atoms with Crippen molar-refractivity contribution in [3.63, 3.8) is 0 Å². The number of amides is 2. The first kappa shape index (κ1) is 26.2. The second-order valence-corrected chi connectivity index (χ2v) is 12.6. The number of carbonyl (C=O) groups excluding carboxylic acids is 2. The molecule has 4 heterocycles. The Hall–Kier alpha value is -3.39. The van der Waals surface area contributed by atoms with Crippen molar-refractivity contribution >= 4 is 17.6 Å². The van der Waals surface area contributed by atoms with E-state index in [-0.39, 0.29) is 23.9 Å². The maximum absolute atomic E-state index is 14.0. The molecule has 2 aliphatic heterocycles. The predicted molar refractivity (Wildman–Crippen MR) is 148 cm³/mol. The number of ether oxygens (including phenoxy) is 1. The van der Waals surface area contributed by atoms with Crippen molar-refractivity contribution in [1.82, 2.24) is 24.9 Å². The maximum Gasteiger partial charge on any atom is 0.408 e. The van der Waals surface area contributed by atoms with Crippen molar-refractivity contribution in [3.8, 4) is 11.1 Å². The van der Waals surface area contributed by atoms with Gasteiger partial charge in [-0.05, 0) is 50.3 Å². The standard InChI is InChI=1S/C30H39N5O3/c1-29(2,3)25(33-28(37)38-30(4,5)6)27(36)35-16-14-22-24(35)21(17-31-22)23-18-34-15-10-13-20(26(34)32-23)19-11-8-7-9-12-19/h7-13,15,18,21-22,24-25,31H,14,16-17H2,1-6H3,(H,33,37)/t21-,22-,24?,25?/m1/s1. The highest BCUT2D eigenvalue weighted by Gasteiger charge is 2.50. The monoisotopic (exact) mass is 517 g/mol. The van der Waals surface area contributed by atoms with Crippen molar-refractivity contribution in [2.45, 2.75) is 77.6 Å². The third-order valence-electron chi connectivity index (χ3n) is 7.49. The lowest BCUT2D eigenvalue weighted by molar-refractivity contribution is -0.137. The van der Waals surface area contributed by atoms with Crippen LogP contribution in [0.3, 0.4) is 0 Å². The van der Waals surface area contributed by atoms with Crippen LogP contribution in [0.4, 0.5) is 4.79 Å². The van der Waals surface area contributed by atoms with E-state index in [1.54, 1.807) is 0 Å². The van der Waals surface area contributed by atoms with Crippen LogP contribution in [0.5, 0.6) is 0 Å². The Morgan fingerprint density at radius 3 is 2.50 bits per heavy atom. The predicted octanol–water partition coefficient (Wildman–Crippen LogP) is 4.60. The normalized spacial score (nSPS) is 22.4. The molecule has 2 unspecified atom stereocenters. The highest BCUT2D eigenvalue weighted by molar-refractivity contribution is 5.87. The zero-order chi connectivity index (χ0) is 27.2. The molecule has 2 saturated heterocycles. The zero-order valence-electron chi connectivity index (χ0n) is 23.2. The lowest BCUT2D eigenvalue weighted by Crippen LogP contribution is -2.57. The average Bonchev–Trinajstić information content (AvgIpc) is 3.55. The lowest BCUT2D eigenvalue weighted by atomic mass is 9.85. The lowest BCUT2D eigenvalue weighted by Gasteiger charge is -2.37. The Kier molecular flexibility index (Phi) is 6.71. The van der Waals surface area contributed by atoms with Gasteiger partial charge in [-0.2, -0.15) is 0 Å². The second-order valence-electron chi connectivity index (χ2n) is 12.6. The minimum absolute atomic E-state index is 0.0297. The Labute approximate surface area is 224 Å². The number of carbonyl (C=O) groups is 2. The Balaban J connectivity index is 1.43. The summed E-state index contributed by atoms with van der Waals surface area (Å²) in [6.45, 7) is 12.8. The van der Waals surface area contributed by atoms with Crippen molar-refractivity contribution in [1.29, 1.82) is 0 Å². The number of nitrogens with one attached hydrogen (secondary N) is 2. The van der Waals surface area contributed by atoms with Crippen LogP contribution in [0.15, 0.2) is 54.9 Å². The molecule has 4 atom stereocenters. The summed E-state index contributed by atoms with van der Waals surface area (Å²) in [7, 11) is 0. The first-order valence-corrected chi connectivity index (χ1v) is 13.5. The largest absolute Gasteiger partial charge is 0.444 e. The van der Waals surface area contributed by atoms with Gasteiger partial charge in [0.25, 0.3) is 0 Å². The average molecular weight is 518 g/mol. The summed E-state index contributed by atoms with van der Waals surface area (Å²) < 4.78 is 7.57. The fourth-order valence-corrected chi connectivity index (χ4v) is 5.76. The van der Waals surface area contributed by atoms with E-state index in [1.807, 2.05) is 76.9 Å². The fraction of sp³-hybridized carbons (Fsp3) is 0.500. The molecule has 0 saturated carbocycles.